The van der Waals surface area contributed by atoms with E-state index < -0.39 is 64.8 Å². The molecule has 0 aromatic heterocycles. The van der Waals surface area contributed by atoms with Crippen LogP contribution in [0.5, 0.6) is 5.75 Å². The second kappa shape index (κ2) is 15.0. The molecule has 0 radical (unpaired) electrons. The van der Waals surface area contributed by atoms with Gasteiger partial charge in [0.2, 0.25) is 17.6 Å². The van der Waals surface area contributed by atoms with E-state index in [0.29, 0.717) is 31.6 Å². The second-order valence-electron chi connectivity index (χ2n) is 15.1. The van der Waals surface area contributed by atoms with Crippen LogP contribution >= 0.6 is 0 Å². The Morgan fingerprint density at radius 2 is 1.78 bits per heavy atom. The number of ether oxygens (including phenoxy) is 3. The third-order valence-corrected chi connectivity index (χ3v) is 9.71. The molecule has 14 heteroatoms. The number of Topliss-reactive ketones (excluding diaryl/α,β-unsaturated/α-hetero) is 1. The molecule has 5 rings (SSSR count). The van der Waals surface area contributed by atoms with Gasteiger partial charge in [0.05, 0.1) is 38.6 Å². The lowest BCUT2D eigenvalue weighted by Gasteiger charge is -2.35. The van der Waals surface area contributed by atoms with Gasteiger partial charge in [-0.1, -0.05) is 39.3 Å². The number of carbonyl (C=O) groups excluding carboxylic acids is 5. The van der Waals surface area contributed by atoms with Crippen LogP contribution in [0.1, 0.15) is 89.3 Å². The predicted molar refractivity (Wildman–Crippen MR) is 183 cm³/mol. The number of nitrogens with one attached hydrogen (secondary N) is 3. The first kappa shape index (κ1) is 37.1. The number of hydrogen-bond donors (Lipinski definition) is 3. The minimum absolute atomic E-state index is 0.000626. The number of benzene rings is 1. The van der Waals surface area contributed by atoms with Crippen molar-refractivity contribution >= 4 is 35.3 Å². The molecule has 50 heavy (non-hydrogen) atoms. The molecule has 0 bridgehead atoms. The zero-order valence-electron chi connectivity index (χ0n) is 30.2. The quantitative estimate of drug-likeness (QED) is 0.278. The molecule has 1 saturated carbocycles. The van der Waals surface area contributed by atoms with Crippen molar-refractivity contribution in [1.82, 2.24) is 20.9 Å². The average Bonchev–Trinajstić information content (AvgIpc) is 3.40. The Kier molecular flexibility index (Phi) is 11.1. The molecule has 1 aromatic carbocycles. The molecule has 2 saturated heterocycles. The number of likely N-dealkylation sites (tertiary alicyclic amines) is 1. The summed E-state index contributed by atoms with van der Waals surface area (Å²) < 4.78 is 16.4. The Bertz CT molecular complexity index is 1500. The molecule has 1 aromatic rings. The molecule has 3 aliphatic heterocycles. The molecule has 4 aliphatic rings. The van der Waals surface area contributed by atoms with Gasteiger partial charge < -0.3 is 39.9 Å². The van der Waals surface area contributed by atoms with Gasteiger partial charge in [-0.25, -0.2) is 4.79 Å². The maximum absolute atomic E-state index is 14.5. The highest BCUT2D eigenvalue weighted by Crippen LogP contribution is 2.41. The highest BCUT2D eigenvalue weighted by Gasteiger charge is 2.56. The Balaban J connectivity index is 1.40. The van der Waals surface area contributed by atoms with E-state index in [0.717, 1.165) is 35.3 Å². The summed E-state index contributed by atoms with van der Waals surface area (Å²) >= 11 is 0. The largest absolute Gasteiger partial charge is 0.496 e. The Morgan fingerprint density at radius 1 is 1.08 bits per heavy atom. The number of nitrogens with zero attached hydrogens (tertiary/aromatic N) is 2. The number of methoxy groups -OCH3 is 1. The average molecular weight is 698 g/mol. The summed E-state index contributed by atoms with van der Waals surface area (Å²) in [4.78, 5) is 75.1. The maximum Gasteiger partial charge on any atom is 0.408 e. The molecule has 3 fully saturated rings. The monoisotopic (exact) mass is 697 g/mol. The summed E-state index contributed by atoms with van der Waals surface area (Å²) in [6.45, 7) is 11.9. The predicted octanol–water partition coefficient (Wildman–Crippen LogP) is 2.84. The minimum Gasteiger partial charge on any atom is -0.496 e. The van der Waals surface area contributed by atoms with Crippen LogP contribution in [-0.4, -0.2) is 103 Å². The first-order valence-electron chi connectivity index (χ1n) is 17.6. The normalized spacial score (nSPS) is 24.2. The van der Waals surface area contributed by atoms with E-state index in [1.165, 1.54) is 4.90 Å². The van der Waals surface area contributed by atoms with Crippen molar-refractivity contribution in [3.8, 4) is 5.75 Å². The highest BCUT2D eigenvalue weighted by molar-refractivity contribution is 6.38. The fourth-order valence-electron chi connectivity index (χ4n) is 6.91. The molecule has 3 heterocycles. The number of rotatable bonds is 12. The zero-order valence-corrected chi connectivity index (χ0v) is 30.2. The number of ketones is 1. The van der Waals surface area contributed by atoms with Gasteiger partial charge in [-0.15, -0.1) is 0 Å². The van der Waals surface area contributed by atoms with Gasteiger partial charge in [-0.05, 0) is 61.8 Å². The Labute approximate surface area is 293 Å². The molecule has 274 valence electrons. The van der Waals surface area contributed by atoms with Gasteiger partial charge in [0.1, 0.15) is 23.9 Å². The lowest BCUT2D eigenvalue weighted by molar-refractivity contribution is -0.144. The van der Waals surface area contributed by atoms with E-state index >= 15 is 0 Å². The van der Waals surface area contributed by atoms with Crippen molar-refractivity contribution < 1.29 is 43.0 Å². The van der Waals surface area contributed by atoms with Crippen LogP contribution in [0.25, 0.3) is 0 Å². The Hall–Kier alpha value is -4.20. The summed E-state index contributed by atoms with van der Waals surface area (Å²) in [5, 5.41) is 12.7. The summed E-state index contributed by atoms with van der Waals surface area (Å²) in [5.74, 6) is -1.77. The van der Waals surface area contributed by atoms with Crippen molar-refractivity contribution in [2.24, 2.45) is 10.6 Å². The SMILES string of the molecule is CCC[C@H](NC(=O)[C@@H]1C[C@@]2(CC(c3cc(C)c(OC)c(C)c3)=NO2)CN1C(=O)[C@@H](NC(=O)O[C@H]1CCOC1)C(C)(C)C)C(=O)C(=O)NC1CC1. The van der Waals surface area contributed by atoms with Crippen LogP contribution in [-0.2, 0) is 33.5 Å². The maximum atomic E-state index is 14.5. The highest BCUT2D eigenvalue weighted by atomic mass is 16.7. The molecule has 1 spiro atoms. The molecule has 14 nitrogen and oxygen atoms in total. The summed E-state index contributed by atoms with van der Waals surface area (Å²) in [5.41, 5.74) is 1.53. The number of carbonyl (C=O) groups is 5. The lowest BCUT2D eigenvalue weighted by atomic mass is 9.85. The van der Waals surface area contributed by atoms with E-state index in [1.807, 2.05) is 53.7 Å². The summed E-state index contributed by atoms with van der Waals surface area (Å²) in [6, 6.07) is 0.678. The molecule has 0 unspecified atom stereocenters. The fourth-order valence-corrected chi connectivity index (χ4v) is 6.91. The second-order valence-corrected chi connectivity index (χ2v) is 15.1. The van der Waals surface area contributed by atoms with Gasteiger partial charge in [0.25, 0.3) is 5.91 Å². The third-order valence-electron chi connectivity index (χ3n) is 9.71. The van der Waals surface area contributed by atoms with Gasteiger partial charge in [-0.2, -0.15) is 0 Å². The molecule has 4 amide bonds. The summed E-state index contributed by atoms with van der Waals surface area (Å²) in [6.07, 6.45) is 2.18. The topological polar surface area (TPSA) is 174 Å². The fraction of sp³-hybridized carbons (Fsp3) is 0.667. The van der Waals surface area contributed by atoms with E-state index in [1.54, 1.807) is 7.11 Å². The lowest BCUT2D eigenvalue weighted by Crippen LogP contribution is -2.59. The van der Waals surface area contributed by atoms with Crippen molar-refractivity contribution in [1.29, 1.82) is 0 Å². The van der Waals surface area contributed by atoms with Crippen LogP contribution in [0.4, 0.5) is 4.79 Å². The van der Waals surface area contributed by atoms with Crippen LogP contribution in [0.3, 0.4) is 0 Å². The van der Waals surface area contributed by atoms with Crippen LogP contribution in [0, 0.1) is 19.3 Å². The van der Waals surface area contributed by atoms with Crippen molar-refractivity contribution in [3.05, 3.63) is 28.8 Å². The number of alkyl carbamates (subject to hydrolysis) is 1. The summed E-state index contributed by atoms with van der Waals surface area (Å²) in [7, 11) is 1.62. The first-order valence-corrected chi connectivity index (χ1v) is 17.6. The van der Waals surface area contributed by atoms with Gasteiger partial charge in [0.15, 0.2) is 5.60 Å². The number of amides is 4. The van der Waals surface area contributed by atoms with Crippen LogP contribution in [0.15, 0.2) is 17.3 Å². The molecule has 3 N–H and O–H groups in total. The smallest absolute Gasteiger partial charge is 0.408 e. The molecular weight excluding hydrogens is 646 g/mol. The van der Waals surface area contributed by atoms with Crippen molar-refractivity contribution in [2.45, 2.75) is 122 Å². The zero-order chi connectivity index (χ0) is 36.4. The van der Waals surface area contributed by atoms with E-state index in [4.69, 9.17) is 19.0 Å². The number of aryl methyl sites for hydroxylation is 2. The minimum atomic E-state index is -1.08. The molecular formula is C36H51N5O9. The number of oxime groups is 1. The van der Waals surface area contributed by atoms with Crippen molar-refractivity contribution in [2.75, 3.05) is 26.9 Å². The van der Waals surface area contributed by atoms with Gasteiger partial charge >= 0.3 is 6.09 Å². The van der Waals surface area contributed by atoms with Crippen molar-refractivity contribution in [3.63, 3.8) is 0 Å². The van der Waals surface area contributed by atoms with Crippen LogP contribution in [0.2, 0.25) is 0 Å². The molecule has 5 atom stereocenters. The van der Waals surface area contributed by atoms with E-state index in [9.17, 15) is 24.0 Å². The van der Waals surface area contributed by atoms with Gasteiger partial charge in [0, 0.05) is 30.9 Å². The standard InChI is InChI=1S/C36H51N5O9/c1-8-9-25(28(42)32(44)37-23-10-11-23)38-31(43)27-17-36(16-26(40-50-36)22-14-20(2)29(47-7)21(3)15-22)19-41(27)33(45)30(35(4,5)6)39-34(46)49-24-12-13-48-18-24/h14-15,23-25,27,30H,8-13,16-19H2,1-7H3,(H,37,44)(H,38,43)(H,39,46)/t24-,25-,27-,30+,36-/m0/s1. The third kappa shape index (κ3) is 8.39. The van der Waals surface area contributed by atoms with E-state index in [-0.39, 0.29) is 32.0 Å². The number of hydrogen-bond acceptors (Lipinski definition) is 10. The Morgan fingerprint density at radius 3 is 2.36 bits per heavy atom. The molecule has 1 aliphatic carbocycles. The van der Waals surface area contributed by atoms with Gasteiger partial charge in [-0.3, -0.25) is 19.2 Å². The first-order chi connectivity index (χ1) is 23.6. The van der Waals surface area contributed by atoms with Crippen LogP contribution < -0.4 is 20.7 Å². The van der Waals surface area contributed by atoms with E-state index in [2.05, 4.69) is 21.1 Å².